The highest BCUT2D eigenvalue weighted by atomic mass is 19.1. The fraction of sp³-hybridized carbons (Fsp3) is 0.227. The number of nitrogens with one attached hydrogen (secondary N) is 1. The lowest BCUT2D eigenvalue weighted by molar-refractivity contribution is -0.118. The van der Waals surface area contributed by atoms with Crippen LogP contribution in [0.5, 0.6) is 5.75 Å². The molecule has 0 aliphatic carbocycles. The van der Waals surface area contributed by atoms with Crippen LogP contribution >= 0.6 is 0 Å². The van der Waals surface area contributed by atoms with Crippen LogP contribution in [0.2, 0.25) is 0 Å². The van der Waals surface area contributed by atoms with Crippen molar-refractivity contribution in [3.63, 3.8) is 0 Å². The van der Waals surface area contributed by atoms with E-state index in [1.807, 2.05) is 18.2 Å². The van der Waals surface area contributed by atoms with E-state index in [-0.39, 0.29) is 12.4 Å². The van der Waals surface area contributed by atoms with Crippen LogP contribution in [0.1, 0.15) is 0 Å². The molecular weight excluding hydrogens is 385 g/mol. The zero-order chi connectivity index (χ0) is 20.8. The molecule has 1 fully saturated rings. The Labute approximate surface area is 174 Å². The van der Waals surface area contributed by atoms with Crippen molar-refractivity contribution in [1.29, 1.82) is 0 Å². The van der Waals surface area contributed by atoms with Gasteiger partial charge in [-0.3, -0.25) is 4.79 Å². The second-order valence-corrected chi connectivity index (χ2v) is 6.85. The van der Waals surface area contributed by atoms with Crippen molar-refractivity contribution < 1.29 is 13.9 Å². The molecule has 0 spiro atoms. The lowest BCUT2D eigenvalue weighted by Gasteiger charge is -2.36. The second-order valence-electron chi connectivity index (χ2n) is 6.85. The van der Waals surface area contributed by atoms with Gasteiger partial charge in [-0.15, -0.1) is 0 Å². The van der Waals surface area contributed by atoms with Crippen LogP contribution in [0, 0.1) is 5.82 Å². The van der Waals surface area contributed by atoms with E-state index in [0.717, 1.165) is 26.2 Å². The van der Waals surface area contributed by atoms with Crippen molar-refractivity contribution in [3.05, 3.63) is 72.8 Å². The average molecular weight is 407 g/mol. The first-order valence-corrected chi connectivity index (χ1v) is 9.73. The number of para-hydroxylation sites is 2. The minimum absolute atomic E-state index is 0.0360. The summed E-state index contributed by atoms with van der Waals surface area (Å²) in [4.78, 5) is 25.2. The van der Waals surface area contributed by atoms with Crippen LogP contribution in [0.25, 0.3) is 0 Å². The summed E-state index contributed by atoms with van der Waals surface area (Å²) in [7, 11) is 0. The van der Waals surface area contributed by atoms with Crippen molar-refractivity contribution in [2.45, 2.75) is 0 Å². The highest BCUT2D eigenvalue weighted by Gasteiger charge is 2.19. The Morgan fingerprint density at radius 2 is 1.57 bits per heavy atom. The highest BCUT2D eigenvalue weighted by molar-refractivity contribution is 5.91. The van der Waals surface area contributed by atoms with Gasteiger partial charge in [0.15, 0.2) is 18.2 Å². The number of hydrogen-bond donors (Lipinski definition) is 1. The quantitative estimate of drug-likeness (QED) is 0.678. The van der Waals surface area contributed by atoms with E-state index >= 15 is 0 Å². The first-order valence-electron chi connectivity index (χ1n) is 9.73. The molecule has 8 heteroatoms. The van der Waals surface area contributed by atoms with Crippen LogP contribution in [-0.2, 0) is 4.79 Å². The maximum absolute atomic E-state index is 13.5. The SMILES string of the molecule is O=C(COc1ccccc1F)Nc1cnc(N2CCN(c3ccccc3)CC2)nc1. The number of amides is 1. The molecule has 0 saturated carbocycles. The number of nitrogens with zero attached hydrogens (tertiary/aromatic N) is 4. The molecule has 30 heavy (non-hydrogen) atoms. The van der Waals surface area contributed by atoms with Gasteiger partial charge in [-0.2, -0.15) is 0 Å². The summed E-state index contributed by atoms with van der Waals surface area (Å²) in [5.74, 6) is -0.256. The molecular formula is C22H22FN5O2. The number of benzene rings is 2. The van der Waals surface area contributed by atoms with E-state index < -0.39 is 11.7 Å². The molecule has 0 atom stereocenters. The molecule has 2 aromatic carbocycles. The lowest BCUT2D eigenvalue weighted by atomic mass is 10.2. The zero-order valence-electron chi connectivity index (χ0n) is 16.4. The second kappa shape index (κ2) is 9.21. The third kappa shape index (κ3) is 4.83. The average Bonchev–Trinajstić information content (AvgIpc) is 2.80. The Hall–Kier alpha value is -3.68. The number of anilines is 3. The lowest BCUT2D eigenvalue weighted by Crippen LogP contribution is -2.47. The summed E-state index contributed by atoms with van der Waals surface area (Å²) in [5, 5.41) is 2.65. The summed E-state index contributed by atoms with van der Waals surface area (Å²) in [5.41, 5.74) is 1.68. The Bertz CT molecular complexity index is 976. The van der Waals surface area contributed by atoms with E-state index in [1.54, 1.807) is 24.5 Å². The minimum atomic E-state index is -0.509. The molecule has 1 N–H and O–H groups in total. The number of halogens is 1. The van der Waals surface area contributed by atoms with E-state index in [9.17, 15) is 9.18 Å². The van der Waals surface area contributed by atoms with Crippen LogP contribution < -0.4 is 19.9 Å². The molecule has 0 unspecified atom stereocenters. The first-order chi connectivity index (χ1) is 14.7. The van der Waals surface area contributed by atoms with Gasteiger partial charge in [-0.05, 0) is 24.3 Å². The number of carbonyl (C=O) groups is 1. The molecule has 1 aromatic heterocycles. The van der Waals surface area contributed by atoms with Crippen LogP contribution in [-0.4, -0.2) is 48.7 Å². The first kappa shape index (κ1) is 19.6. The number of piperazine rings is 1. The fourth-order valence-corrected chi connectivity index (χ4v) is 3.25. The molecule has 0 radical (unpaired) electrons. The number of carbonyl (C=O) groups excluding carboxylic acids is 1. The monoisotopic (exact) mass is 407 g/mol. The van der Waals surface area contributed by atoms with E-state index in [0.29, 0.717) is 11.6 Å². The molecule has 7 nitrogen and oxygen atoms in total. The van der Waals surface area contributed by atoms with Gasteiger partial charge in [0.1, 0.15) is 0 Å². The molecule has 1 amide bonds. The summed E-state index contributed by atoms with van der Waals surface area (Å²) in [6.07, 6.45) is 3.12. The van der Waals surface area contributed by atoms with Gasteiger partial charge in [-0.25, -0.2) is 14.4 Å². The Balaban J connectivity index is 1.27. The van der Waals surface area contributed by atoms with Crippen molar-refractivity contribution in [2.75, 3.05) is 47.9 Å². The molecule has 3 aromatic rings. The standard InChI is InChI=1S/C22H22FN5O2/c23-19-8-4-5-9-20(19)30-16-21(29)26-17-14-24-22(25-15-17)28-12-10-27(11-13-28)18-6-2-1-3-7-18/h1-9,14-15H,10-13,16H2,(H,26,29). The third-order valence-corrected chi connectivity index (χ3v) is 4.80. The zero-order valence-corrected chi connectivity index (χ0v) is 16.4. The number of aromatic nitrogens is 2. The number of ether oxygens (including phenoxy) is 1. The Morgan fingerprint density at radius 3 is 2.27 bits per heavy atom. The number of rotatable bonds is 6. The Morgan fingerprint density at radius 1 is 0.933 bits per heavy atom. The van der Waals surface area contributed by atoms with Crippen molar-refractivity contribution in [2.24, 2.45) is 0 Å². The van der Waals surface area contributed by atoms with Crippen LogP contribution in [0.3, 0.4) is 0 Å². The van der Waals surface area contributed by atoms with Crippen molar-refractivity contribution in [3.8, 4) is 5.75 Å². The molecule has 154 valence electrons. The van der Waals surface area contributed by atoms with Gasteiger partial charge in [0.25, 0.3) is 5.91 Å². The smallest absolute Gasteiger partial charge is 0.262 e. The van der Waals surface area contributed by atoms with Gasteiger partial charge in [0, 0.05) is 31.9 Å². The van der Waals surface area contributed by atoms with Gasteiger partial charge >= 0.3 is 0 Å². The van der Waals surface area contributed by atoms with E-state index in [2.05, 4.69) is 37.2 Å². The van der Waals surface area contributed by atoms with Gasteiger partial charge in [-0.1, -0.05) is 30.3 Å². The van der Waals surface area contributed by atoms with Crippen molar-refractivity contribution >= 4 is 23.2 Å². The summed E-state index contributed by atoms with van der Waals surface area (Å²) in [6.45, 7) is 3.11. The van der Waals surface area contributed by atoms with Gasteiger partial charge in [0.05, 0.1) is 18.1 Å². The van der Waals surface area contributed by atoms with Crippen molar-refractivity contribution in [1.82, 2.24) is 9.97 Å². The molecule has 1 aliphatic rings. The van der Waals surface area contributed by atoms with Gasteiger partial charge < -0.3 is 19.9 Å². The molecule has 0 bridgehead atoms. The molecule has 2 heterocycles. The predicted octanol–water partition coefficient (Wildman–Crippen LogP) is 2.96. The maximum atomic E-state index is 13.5. The third-order valence-electron chi connectivity index (χ3n) is 4.80. The number of hydrogen-bond acceptors (Lipinski definition) is 6. The Kier molecular flexibility index (Phi) is 6.03. The minimum Gasteiger partial charge on any atom is -0.481 e. The summed E-state index contributed by atoms with van der Waals surface area (Å²) in [6, 6.07) is 16.3. The summed E-state index contributed by atoms with van der Waals surface area (Å²) >= 11 is 0. The van der Waals surface area contributed by atoms with Crippen LogP contribution in [0.15, 0.2) is 67.0 Å². The van der Waals surface area contributed by atoms with E-state index in [1.165, 1.54) is 17.8 Å². The maximum Gasteiger partial charge on any atom is 0.262 e. The highest BCUT2D eigenvalue weighted by Crippen LogP contribution is 2.19. The fourth-order valence-electron chi connectivity index (χ4n) is 3.25. The largest absolute Gasteiger partial charge is 0.481 e. The van der Waals surface area contributed by atoms with Gasteiger partial charge in [0.2, 0.25) is 5.95 Å². The predicted molar refractivity (Wildman–Crippen MR) is 113 cm³/mol. The topological polar surface area (TPSA) is 70.6 Å². The molecule has 4 rings (SSSR count). The normalized spacial score (nSPS) is 13.8. The van der Waals surface area contributed by atoms with E-state index in [4.69, 9.17) is 4.74 Å². The molecule has 1 saturated heterocycles. The summed E-state index contributed by atoms with van der Waals surface area (Å²) < 4.78 is 18.7. The molecule has 1 aliphatic heterocycles. The van der Waals surface area contributed by atoms with Crippen LogP contribution in [0.4, 0.5) is 21.7 Å².